The molecule has 0 unspecified atom stereocenters. The van der Waals surface area contributed by atoms with E-state index in [0.29, 0.717) is 11.3 Å². The van der Waals surface area contributed by atoms with Crippen LogP contribution in [0.2, 0.25) is 0 Å². The van der Waals surface area contributed by atoms with E-state index in [0.717, 1.165) is 12.0 Å². The van der Waals surface area contributed by atoms with Crippen LogP contribution in [0.3, 0.4) is 0 Å². The van der Waals surface area contributed by atoms with Gasteiger partial charge in [-0.2, -0.15) is 0 Å². The van der Waals surface area contributed by atoms with Crippen LogP contribution in [0.25, 0.3) is 0 Å². The molecule has 2 amide bonds. The summed E-state index contributed by atoms with van der Waals surface area (Å²) in [7, 11) is 0. The van der Waals surface area contributed by atoms with Crippen molar-refractivity contribution in [1.82, 2.24) is 15.5 Å². The van der Waals surface area contributed by atoms with E-state index in [1.165, 1.54) is 12.1 Å². The number of nitrogens with one attached hydrogen (secondary N) is 2. The lowest BCUT2D eigenvalue weighted by Crippen LogP contribution is -2.31. The Labute approximate surface area is 127 Å². The zero-order valence-corrected chi connectivity index (χ0v) is 11.9. The lowest BCUT2D eigenvalue weighted by molar-refractivity contribution is 0.150. The number of carbonyl (C=O) groups is 1. The van der Waals surface area contributed by atoms with Gasteiger partial charge in [0.25, 0.3) is 6.43 Å². The number of aromatic nitrogens is 2. The van der Waals surface area contributed by atoms with Crippen molar-refractivity contribution in [3.05, 3.63) is 40.7 Å². The molecular formula is C13H11F3N4OS. The maximum Gasteiger partial charge on any atom is 0.321 e. The normalized spacial score (nSPS) is 20.0. The summed E-state index contributed by atoms with van der Waals surface area (Å²) in [5.41, 5.74) is 0.947. The monoisotopic (exact) mass is 328 g/mol. The van der Waals surface area contributed by atoms with E-state index in [2.05, 4.69) is 20.8 Å². The molecule has 0 radical (unpaired) electrons. The number of carbonyl (C=O) groups excluding carboxylic acids is 1. The van der Waals surface area contributed by atoms with Gasteiger partial charge < -0.3 is 5.32 Å². The summed E-state index contributed by atoms with van der Waals surface area (Å²) in [5.74, 6) is -0.171. The van der Waals surface area contributed by atoms with Gasteiger partial charge in [-0.3, -0.25) is 5.32 Å². The minimum atomic E-state index is -2.71. The predicted octanol–water partition coefficient (Wildman–Crippen LogP) is 3.29. The van der Waals surface area contributed by atoms with Gasteiger partial charge in [0.05, 0.1) is 0 Å². The molecule has 0 aliphatic heterocycles. The number of benzene rings is 1. The molecule has 1 aromatic carbocycles. The summed E-state index contributed by atoms with van der Waals surface area (Å²) in [5, 5.41) is 11.4. The summed E-state index contributed by atoms with van der Waals surface area (Å²) in [6.07, 6.45) is -1.96. The Morgan fingerprint density at radius 1 is 1.27 bits per heavy atom. The number of alkyl halides is 2. The number of amides is 2. The van der Waals surface area contributed by atoms with E-state index < -0.39 is 17.5 Å². The molecular weight excluding hydrogens is 317 g/mol. The van der Waals surface area contributed by atoms with Crippen LogP contribution in [0.15, 0.2) is 24.3 Å². The summed E-state index contributed by atoms with van der Waals surface area (Å²) in [6, 6.07) is 5.52. The third kappa shape index (κ3) is 3.35. The molecule has 22 heavy (non-hydrogen) atoms. The maximum atomic E-state index is 12.8. The summed E-state index contributed by atoms with van der Waals surface area (Å²) in [4.78, 5) is 11.7. The van der Waals surface area contributed by atoms with Crippen LogP contribution in [0, 0.1) is 5.82 Å². The fourth-order valence-corrected chi connectivity index (χ4v) is 2.70. The van der Waals surface area contributed by atoms with Crippen molar-refractivity contribution >= 4 is 22.5 Å². The molecule has 9 heteroatoms. The Hall–Kier alpha value is -2.16. The molecule has 0 bridgehead atoms. The zero-order chi connectivity index (χ0) is 15.7. The standard InChI is InChI=1S/C13H11F3N4OS/c14-7-3-1-6(2-4-7)8-5-9(8)17-12(21)18-13-20-19-11(22-13)10(15)16/h1-4,8-10H,5H2,(H2,17,18,20,21)/t8-,9+/m0/s1. The second-order valence-corrected chi connectivity index (χ2v) is 5.85. The lowest BCUT2D eigenvalue weighted by Gasteiger charge is -2.04. The van der Waals surface area contributed by atoms with Gasteiger partial charge >= 0.3 is 6.03 Å². The van der Waals surface area contributed by atoms with Crippen LogP contribution >= 0.6 is 11.3 Å². The minimum Gasteiger partial charge on any atom is -0.334 e. The molecule has 2 atom stereocenters. The van der Waals surface area contributed by atoms with Crippen LogP contribution in [0.4, 0.5) is 23.1 Å². The van der Waals surface area contributed by atoms with Gasteiger partial charge in [-0.1, -0.05) is 23.5 Å². The highest BCUT2D eigenvalue weighted by Crippen LogP contribution is 2.40. The second-order valence-electron chi connectivity index (χ2n) is 4.84. The molecule has 0 spiro atoms. The summed E-state index contributed by atoms with van der Waals surface area (Å²) >= 11 is 0.630. The topological polar surface area (TPSA) is 66.9 Å². The molecule has 1 aromatic heterocycles. The van der Waals surface area contributed by atoms with E-state index in [9.17, 15) is 18.0 Å². The third-order valence-electron chi connectivity index (χ3n) is 3.25. The van der Waals surface area contributed by atoms with Crippen LogP contribution in [0.5, 0.6) is 0 Å². The molecule has 2 N–H and O–H groups in total. The molecule has 2 aromatic rings. The van der Waals surface area contributed by atoms with Crippen molar-refractivity contribution in [2.24, 2.45) is 0 Å². The highest BCUT2D eigenvalue weighted by Gasteiger charge is 2.39. The van der Waals surface area contributed by atoms with Gasteiger partial charge in [0, 0.05) is 12.0 Å². The fraction of sp³-hybridized carbons (Fsp3) is 0.308. The lowest BCUT2D eigenvalue weighted by atomic mass is 10.1. The third-order valence-corrected chi connectivity index (χ3v) is 4.10. The Bertz CT molecular complexity index is 676. The van der Waals surface area contributed by atoms with Gasteiger partial charge in [0.2, 0.25) is 5.13 Å². The Morgan fingerprint density at radius 3 is 2.64 bits per heavy atom. The Morgan fingerprint density at radius 2 is 2.00 bits per heavy atom. The molecule has 1 heterocycles. The number of hydrogen-bond donors (Lipinski definition) is 2. The molecule has 3 rings (SSSR count). The van der Waals surface area contributed by atoms with Crippen molar-refractivity contribution in [3.63, 3.8) is 0 Å². The first-order chi connectivity index (χ1) is 10.5. The molecule has 1 fully saturated rings. The molecule has 1 aliphatic carbocycles. The van der Waals surface area contributed by atoms with Crippen LogP contribution in [-0.4, -0.2) is 22.3 Å². The van der Waals surface area contributed by atoms with E-state index >= 15 is 0 Å². The zero-order valence-electron chi connectivity index (χ0n) is 11.1. The van der Waals surface area contributed by atoms with E-state index in [1.54, 1.807) is 12.1 Å². The van der Waals surface area contributed by atoms with Crippen molar-refractivity contribution in [2.75, 3.05) is 5.32 Å². The van der Waals surface area contributed by atoms with E-state index in [4.69, 9.17) is 0 Å². The highest BCUT2D eigenvalue weighted by molar-refractivity contribution is 7.15. The van der Waals surface area contributed by atoms with Gasteiger partial charge in [-0.05, 0) is 24.1 Å². The second kappa shape index (κ2) is 5.91. The van der Waals surface area contributed by atoms with Gasteiger partial charge in [0.15, 0.2) is 5.01 Å². The minimum absolute atomic E-state index is 0.0202. The van der Waals surface area contributed by atoms with E-state index in [1.807, 2.05) is 0 Å². The predicted molar refractivity (Wildman–Crippen MR) is 74.6 cm³/mol. The molecule has 5 nitrogen and oxygen atoms in total. The Balaban J connectivity index is 1.51. The van der Waals surface area contributed by atoms with Crippen molar-refractivity contribution in [3.8, 4) is 0 Å². The first-order valence-corrected chi connectivity index (χ1v) is 7.29. The Kier molecular flexibility index (Phi) is 3.97. The van der Waals surface area contributed by atoms with Gasteiger partial charge in [0.1, 0.15) is 5.82 Å². The van der Waals surface area contributed by atoms with Crippen LogP contribution < -0.4 is 10.6 Å². The molecule has 116 valence electrons. The summed E-state index contributed by atoms with van der Waals surface area (Å²) in [6.45, 7) is 0. The van der Waals surface area contributed by atoms with E-state index in [-0.39, 0.29) is 22.9 Å². The number of anilines is 1. The number of halogens is 3. The highest BCUT2D eigenvalue weighted by atomic mass is 32.1. The smallest absolute Gasteiger partial charge is 0.321 e. The van der Waals surface area contributed by atoms with Crippen LogP contribution in [-0.2, 0) is 0 Å². The summed E-state index contributed by atoms with van der Waals surface area (Å²) < 4.78 is 37.6. The van der Waals surface area contributed by atoms with Crippen molar-refractivity contribution in [1.29, 1.82) is 0 Å². The molecule has 1 aliphatic rings. The van der Waals surface area contributed by atoms with Crippen molar-refractivity contribution in [2.45, 2.75) is 24.8 Å². The molecule has 0 saturated heterocycles. The fourth-order valence-electron chi connectivity index (χ4n) is 2.11. The average Bonchev–Trinajstić information content (AvgIpc) is 3.06. The number of rotatable bonds is 4. The number of urea groups is 1. The first kappa shape index (κ1) is 14.8. The number of nitrogens with zero attached hydrogens (tertiary/aromatic N) is 2. The average molecular weight is 328 g/mol. The van der Waals surface area contributed by atoms with Gasteiger partial charge in [-0.15, -0.1) is 10.2 Å². The largest absolute Gasteiger partial charge is 0.334 e. The van der Waals surface area contributed by atoms with Crippen molar-refractivity contribution < 1.29 is 18.0 Å². The van der Waals surface area contributed by atoms with Crippen LogP contribution in [0.1, 0.15) is 29.3 Å². The first-order valence-electron chi connectivity index (χ1n) is 6.47. The molecule has 1 saturated carbocycles. The maximum absolute atomic E-state index is 12.8. The SMILES string of the molecule is O=C(Nc1nnc(C(F)F)s1)N[C@@H]1C[C@H]1c1ccc(F)cc1. The van der Waals surface area contributed by atoms with Gasteiger partial charge in [-0.25, -0.2) is 18.0 Å². The number of hydrogen-bond acceptors (Lipinski definition) is 4. The quantitative estimate of drug-likeness (QED) is 0.905.